The number of aromatic amines is 1. The Morgan fingerprint density at radius 3 is 1.95 bits per heavy atom. The molecular weight excluding hydrogens is 524 g/mol. The van der Waals surface area contributed by atoms with E-state index >= 15 is 0 Å². The lowest BCUT2D eigenvalue weighted by Crippen LogP contribution is -2.42. The van der Waals surface area contributed by atoms with Crippen molar-refractivity contribution in [1.29, 1.82) is 0 Å². The molecule has 1 atom stereocenters. The monoisotopic (exact) mass is 560 g/mol. The molecule has 0 radical (unpaired) electrons. The van der Waals surface area contributed by atoms with Crippen molar-refractivity contribution in [3.8, 4) is 0 Å². The zero-order valence-corrected chi connectivity index (χ0v) is 23.6. The van der Waals surface area contributed by atoms with Crippen molar-refractivity contribution in [2.75, 3.05) is 19.7 Å². The fourth-order valence-electron chi connectivity index (χ4n) is 5.98. The normalized spacial score (nSPS) is 14.7. The lowest BCUT2D eigenvalue weighted by molar-refractivity contribution is 0.0514. The van der Waals surface area contributed by atoms with Crippen LogP contribution in [0.5, 0.6) is 0 Å². The van der Waals surface area contributed by atoms with E-state index < -0.39 is 0 Å². The van der Waals surface area contributed by atoms with Crippen molar-refractivity contribution >= 4 is 17.1 Å². The van der Waals surface area contributed by atoms with Gasteiger partial charge in [0.15, 0.2) is 0 Å². The molecule has 1 amide bonds. The number of fused-ring (bicyclic) bond motifs is 1. The Morgan fingerprint density at radius 2 is 1.33 bits per heavy atom. The molecule has 1 aliphatic rings. The fraction of sp³-hybridized carbons (Fsp3) is 0.257. The molecule has 7 nitrogen and oxygen atoms in total. The zero-order chi connectivity index (χ0) is 28.7. The Labute approximate surface area is 246 Å². The van der Waals surface area contributed by atoms with E-state index in [2.05, 4.69) is 70.5 Å². The van der Waals surface area contributed by atoms with Crippen LogP contribution in [0.4, 0.5) is 4.79 Å². The minimum absolute atomic E-state index is 0.0435. The topological polar surface area (TPSA) is 70.6 Å². The molecule has 42 heavy (non-hydrogen) atoms. The quantitative estimate of drug-likeness (QED) is 0.222. The molecule has 0 bridgehead atoms. The number of H-pyrrole nitrogens is 1. The molecule has 0 aliphatic carbocycles. The van der Waals surface area contributed by atoms with Gasteiger partial charge in [0.25, 0.3) is 0 Å². The second-order valence-corrected chi connectivity index (χ2v) is 10.9. The smallest absolute Gasteiger partial charge is 0.409 e. The van der Waals surface area contributed by atoms with Crippen LogP contribution in [-0.4, -0.2) is 45.1 Å². The number of aromatic nitrogens is 2. The molecular formula is C35H36N4O3. The third kappa shape index (κ3) is 6.31. The first kappa shape index (κ1) is 27.5. The molecule has 0 spiro atoms. The second-order valence-electron chi connectivity index (χ2n) is 10.9. The number of carbonyl (C=O) groups excluding carboxylic acids is 1. The van der Waals surface area contributed by atoms with Gasteiger partial charge in [-0.3, -0.25) is 9.47 Å². The van der Waals surface area contributed by atoms with Gasteiger partial charge in [-0.25, -0.2) is 9.59 Å². The number of nitrogens with zero attached hydrogens (tertiary/aromatic N) is 3. The maximum Gasteiger partial charge on any atom is 0.409 e. The van der Waals surface area contributed by atoms with Crippen molar-refractivity contribution in [2.24, 2.45) is 0 Å². The number of hydrogen-bond donors (Lipinski definition) is 1. The van der Waals surface area contributed by atoms with Crippen LogP contribution in [0.25, 0.3) is 11.0 Å². The zero-order valence-electron chi connectivity index (χ0n) is 23.6. The third-order valence-corrected chi connectivity index (χ3v) is 8.16. The van der Waals surface area contributed by atoms with Crippen molar-refractivity contribution in [3.63, 3.8) is 0 Å². The summed E-state index contributed by atoms with van der Waals surface area (Å²) in [5.41, 5.74) is 5.16. The van der Waals surface area contributed by atoms with Gasteiger partial charge in [0.05, 0.1) is 17.1 Å². The van der Waals surface area contributed by atoms with Gasteiger partial charge in [-0.1, -0.05) is 103 Å². The maximum absolute atomic E-state index is 13.4. The summed E-state index contributed by atoms with van der Waals surface area (Å²) in [7, 11) is 0. The van der Waals surface area contributed by atoms with Crippen LogP contribution < -0.4 is 5.69 Å². The third-order valence-electron chi connectivity index (χ3n) is 8.16. The number of nitrogens with one attached hydrogen (secondary N) is 1. The van der Waals surface area contributed by atoms with Gasteiger partial charge in [-0.15, -0.1) is 0 Å². The highest BCUT2D eigenvalue weighted by atomic mass is 16.6. The minimum Gasteiger partial charge on any atom is -0.447 e. The first-order valence-corrected chi connectivity index (χ1v) is 14.6. The van der Waals surface area contributed by atoms with Crippen LogP contribution in [0.1, 0.15) is 41.6 Å². The van der Waals surface area contributed by atoms with E-state index in [-0.39, 0.29) is 30.5 Å². The van der Waals surface area contributed by atoms with E-state index in [1.54, 1.807) is 4.90 Å². The molecule has 4 aromatic carbocycles. The van der Waals surface area contributed by atoms with Crippen molar-refractivity contribution in [3.05, 3.63) is 142 Å². The summed E-state index contributed by atoms with van der Waals surface area (Å²) in [5, 5.41) is 0. The number of imidazole rings is 1. The van der Waals surface area contributed by atoms with Crippen LogP contribution in [0.3, 0.4) is 0 Å². The van der Waals surface area contributed by atoms with Crippen molar-refractivity contribution < 1.29 is 9.53 Å². The van der Waals surface area contributed by atoms with E-state index in [9.17, 15) is 9.59 Å². The number of hydrogen-bond acceptors (Lipinski definition) is 4. The number of carbonyl (C=O) groups is 1. The van der Waals surface area contributed by atoms with Crippen molar-refractivity contribution in [1.82, 2.24) is 19.4 Å². The van der Waals surface area contributed by atoms with Crippen LogP contribution in [-0.2, 0) is 17.8 Å². The molecule has 1 fully saturated rings. The van der Waals surface area contributed by atoms with Crippen LogP contribution >= 0.6 is 0 Å². The van der Waals surface area contributed by atoms with Crippen molar-refractivity contribution in [2.45, 2.75) is 38.0 Å². The maximum atomic E-state index is 13.4. The number of likely N-dealkylation sites (tertiary alicyclic amines) is 1. The summed E-state index contributed by atoms with van der Waals surface area (Å²) in [6, 6.07) is 38.8. The molecule has 5 aromatic rings. The molecule has 214 valence electrons. The Hall–Kier alpha value is -4.62. The van der Waals surface area contributed by atoms with E-state index in [0.29, 0.717) is 25.9 Å². The summed E-state index contributed by atoms with van der Waals surface area (Å²) in [5.74, 6) is 0. The summed E-state index contributed by atoms with van der Waals surface area (Å²) < 4.78 is 7.89. The number of benzene rings is 4. The Kier molecular flexibility index (Phi) is 8.47. The van der Waals surface area contributed by atoms with E-state index in [0.717, 1.165) is 29.7 Å². The molecule has 1 N–H and O–H groups in total. The molecule has 6 rings (SSSR count). The first-order valence-electron chi connectivity index (χ1n) is 14.6. The molecule has 1 aromatic heterocycles. The van der Waals surface area contributed by atoms with Gasteiger partial charge < -0.3 is 14.6 Å². The molecule has 7 heteroatoms. The molecule has 1 unspecified atom stereocenters. The highest BCUT2D eigenvalue weighted by Crippen LogP contribution is 2.28. The fourth-order valence-corrected chi connectivity index (χ4v) is 5.98. The lowest BCUT2D eigenvalue weighted by atomic mass is 10.0. The summed E-state index contributed by atoms with van der Waals surface area (Å²) in [6.07, 6.45) is 1.10. The standard InChI is InChI=1S/C35H36N4O3/c40-34-36-31-18-10-11-19-32(31)39(34)30-20-22-37(23-21-30)35(41)42-26-33(29-16-8-3-9-17-29)38(24-27-12-4-1-5-13-27)25-28-14-6-2-7-15-28/h1-19,30,33H,20-26H2,(H,36,40). The number of piperidine rings is 1. The predicted molar refractivity (Wildman–Crippen MR) is 165 cm³/mol. The van der Waals surface area contributed by atoms with Crippen LogP contribution in [0.2, 0.25) is 0 Å². The van der Waals surface area contributed by atoms with Gasteiger partial charge in [0.1, 0.15) is 6.61 Å². The van der Waals surface area contributed by atoms with Crippen LogP contribution in [0, 0.1) is 0 Å². The van der Waals surface area contributed by atoms with Gasteiger partial charge in [0.2, 0.25) is 0 Å². The number of ether oxygens (including phenoxy) is 1. The highest BCUT2D eigenvalue weighted by molar-refractivity contribution is 5.75. The number of para-hydroxylation sites is 2. The van der Waals surface area contributed by atoms with Gasteiger partial charge in [0, 0.05) is 32.2 Å². The van der Waals surface area contributed by atoms with E-state index in [4.69, 9.17) is 4.74 Å². The number of rotatable bonds is 9. The summed E-state index contributed by atoms with van der Waals surface area (Å²) >= 11 is 0. The second kappa shape index (κ2) is 12.9. The predicted octanol–water partition coefficient (Wildman–Crippen LogP) is 6.55. The largest absolute Gasteiger partial charge is 0.447 e. The van der Waals surface area contributed by atoms with Crippen LogP contribution in [0.15, 0.2) is 120 Å². The minimum atomic E-state index is -0.306. The van der Waals surface area contributed by atoms with E-state index in [1.807, 2.05) is 59.2 Å². The average Bonchev–Trinajstić information content (AvgIpc) is 3.38. The molecule has 0 saturated carbocycles. The Bertz CT molecular complexity index is 1600. The Balaban J connectivity index is 1.16. The highest BCUT2D eigenvalue weighted by Gasteiger charge is 2.29. The summed E-state index contributed by atoms with van der Waals surface area (Å²) in [4.78, 5) is 33.1. The molecule has 1 aliphatic heterocycles. The van der Waals surface area contributed by atoms with Gasteiger partial charge in [-0.05, 0) is 41.7 Å². The summed E-state index contributed by atoms with van der Waals surface area (Å²) in [6.45, 7) is 2.77. The molecule has 2 heterocycles. The lowest BCUT2D eigenvalue weighted by Gasteiger charge is -2.34. The van der Waals surface area contributed by atoms with Gasteiger partial charge in [-0.2, -0.15) is 0 Å². The molecule has 1 saturated heterocycles. The van der Waals surface area contributed by atoms with Gasteiger partial charge >= 0.3 is 11.8 Å². The number of amides is 1. The average molecular weight is 561 g/mol. The SMILES string of the molecule is O=C(OCC(c1ccccc1)N(Cc1ccccc1)Cc1ccccc1)N1CCC(n2c(=O)[nH]c3ccccc32)CC1. The first-order chi connectivity index (χ1) is 20.7. The van der Waals surface area contributed by atoms with E-state index in [1.165, 1.54) is 11.1 Å². The Morgan fingerprint density at radius 1 is 0.786 bits per heavy atom.